The zero-order chi connectivity index (χ0) is 23.5. The Morgan fingerprint density at radius 1 is 1.19 bits per heavy atom. The highest BCUT2D eigenvalue weighted by Gasteiger charge is 2.21. The van der Waals surface area contributed by atoms with Crippen LogP contribution in [0, 0.1) is 0 Å². The largest absolute Gasteiger partial charge is 0.486 e. The third-order valence-corrected chi connectivity index (χ3v) is 6.56. The van der Waals surface area contributed by atoms with Crippen molar-refractivity contribution in [2.24, 2.45) is 0 Å². The second-order valence-corrected chi connectivity index (χ2v) is 10.3. The van der Waals surface area contributed by atoms with Gasteiger partial charge < -0.3 is 15.9 Å². The van der Waals surface area contributed by atoms with Gasteiger partial charge in [-0.05, 0) is 42.2 Å². The number of carbonyl (C=O) groups is 1. The molecule has 2 aromatic carbocycles. The number of hydrogen-bond donors (Lipinski definition) is 2. The molecule has 0 bridgehead atoms. The van der Waals surface area contributed by atoms with Crippen molar-refractivity contribution in [3.05, 3.63) is 63.9 Å². The van der Waals surface area contributed by atoms with Crippen LogP contribution in [0.1, 0.15) is 39.1 Å². The van der Waals surface area contributed by atoms with E-state index in [1.54, 1.807) is 25.1 Å². The molecule has 0 saturated carbocycles. The monoisotopic (exact) mass is 493 g/mol. The first-order valence-corrected chi connectivity index (χ1v) is 11.5. The minimum absolute atomic E-state index is 0.0726. The normalized spacial score (nSPS) is 12.4. The van der Waals surface area contributed by atoms with Crippen LogP contribution in [0.15, 0.2) is 47.6 Å². The van der Waals surface area contributed by atoms with Crippen LogP contribution < -0.4 is 15.9 Å². The SMILES string of the molecule is CC(Sc1nnc(COc2ccc(C(C)(C)C)cc2)n1N)C(=O)Nc1cccc(Cl)c1Cl. The molecule has 1 aromatic heterocycles. The fourth-order valence-corrected chi connectivity index (χ4v) is 3.87. The first kappa shape index (κ1) is 24.2. The van der Waals surface area contributed by atoms with Gasteiger partial charge in [0, 0.05) is 0 Å². The fourth-order valence-electron chi connectivity index (χ4n) is 2.73. The van der Waals surface area contributed by atoms with Crippen LogP contribution in [0.2, 0.25) is 10.0 Å². The molecule has 1 unspecified atom stereocenters. The van der Waals surface area contributed by atoms with Crippen molar-refractivity contribution in [1.82, 2.24) is 14.9 Å². The number of benzene rings is 2. The van der Waals surface area contributed by atoms with Gasteiger partial charge in [0.25, 0.3) is 0 Å². The van der Waals surface area contributed by atoms with Gasteiger partial charge in [-0.15, -0.1) is 10.2 Å². The highest BCUT2D eigenvalue weighted by atomic mass is 35.5. The van der Waals surface area contributed by atoms with Crippen molar-refractivity contribution in [1.29, 1.82) is 0 Å². The summed E-state index contributed by atoms with van der Waals surface area (Å²) in [4.78, 5) is 12.6. The molecule has 1 heterocycles. The maximum Gasteiger partial charge on any atom is 0.237 e. The second kappa shape index (κ2) is 10.0. The number of amides is 1. The number of nitrogens with two attached hydrogens (primary N) is 1. The van der Waals surface area contributed by atoms with E-state index in [1.807, 2.05) is 24.3 Å². The minimum Gasteiger partial charge on any atom is -0.486 e. The number of carbonyl (C=O) groups excluding carboxylic acids is 1. The Labute approximate surface area is 201 Å². The Balaban J connectivity index is 1.59. The third-order valence-electron chi connectivity index (χ3n) is 4.68. The topological polar surface area (TPSA) is 95.1 Å². The number of ether oxygens (including phenoxy) is 1. The highest BCUT2D eigenvalue weighted by molar-refractivity contribution is 8.00. The predicted octanol–water partition coefficient (Wildman–Crippen LogP) is 5.29. The van der Waals surface area contributed by atoms with E-state index in [0.29, 0.717) is 27.4 Å². The van der Waals surface area contributed by atoms with Gasteiger partial charge in [-0.2, -0.15) is 0 Å². The Hall–Kier alpha value is -2.42. The smallest absolute Gasteiger partial charge is 0.237 e. The molecule has 0 spiro atoms. The number of thioether (sulfide) groups is 1. The third kappa shape index (κ3) is 5.88. The Morgan fingerprint density at radius 3 is 2.53 bits per heavy atom. The number of nitrogens with one attached hydrogen (secondary N) is 1. The molecule has 32 heavy (non-hydrogen) atoms. The van der Waals surface area contributed by atoms with E-state index in [2.05, 4.69) is 36.3 Å². The number of nitrogens with zero attached hydrogens (tertiary/aromatic N) is 3. The van der Waals surface area contributed by atoms with Crippen LogP contribution >= 0.6 is 35.0 Å². The van der Waals surface area contributed by atoms with E-state index in [-0.39, 0.29) is 23.0 Å². The predicted molar refractivity (Wildman–Crippen MR) is 130 cm³/mol. The first-order valence-electron chi connectivity index (χ1n) is 9.90. The first-order chi connectivity index (χ1) is 15.1. The number of aromatic nitrogens is 3. The van der Waals surface area contributed by atoms with Crippen molar-refractivity contribution in [3.8, 4) is 5.75 Å². The lowest BCUT2D eigenvalue weighted by Crippen LogP contribution is -2.24. The number of halogens is 2. The van der Waals surface area contributed by atoms with E-state index in [1.165, 1.54) is 22.0 Å². The van der Waals surface area contributed by atoms with Gasteiger partial charge in [0.2, 0.25) is 11.1 Å². The lowest BCUT2D eigenvalue weighted by atomic mass is 9.87. The zero-order valence-electron chi connectivity index (χ0n) is 18.2. The van der Waals surface area contributed by atoms with Crippen molar-refractivity contribution in [3.63, 3.8) is 0 Å². The van der Waals surface area contributed by atoms with Crippen LogP contribution in [0.3, 0.4) is 0 Å². The maximum absolute atomic E-state index is 12.6. The van der Waals surface area contributed by atoms with Gasteiger partial charge in [0.1, 0.15) is 12.4 Å². The highest BCUT2D eigenvalue weighted by Crippen LogP contribution is 2.31. The van der Waals surface area contributed by atoms with Crippen molar-refractivity contribution >= 4 is 46.6 Å². The molecule has 1 amide bonds. The molecule has 10 heteroatoms. The molecule has 0 saturated heterocycles. The van der Waals surface area contributed by atoms with E-state index < -0.39 is 5.25 Å². The molecule has 3 N–H and O–H groups in total. The summed E-state index contributed by atoms with van der Waals surface area (Å²) in [5.41, 5.74) is 1.73. The van der Waals surface area contributed by atoms with Crippen LogP contribution in [0.4, 0.5) is 5.69 Å². The summed E-state index contributed by atoms with van der Waals surface area (Å²) < 4.78 is 7.11. The van der Waals surface area contributed by atoms with Crippen LogP contribution in [0.25, 0.3) is 0 Å². The maximum atomic E-state index is 12.6. The zero-order valence-corrected chi connectivity index (χ0v) is 20.6. The lowest BCUT2D eigenvalue weighted by molar-refractivity contribution is -0.115. The van der Waals surface area contributed by atoms with Gasteiger partial charge in [0.15, 0.2) is 5.82 Å². The van der Waals surface area contributed by atoms with Crippen molar-refractivity contribution in [2.75, 3.05) is 11.2 Å². The molecular weight excluding hydrogens is 469 g/mol. The molecule has 1 atom stereocenters. The van der Waals surface area contributed by atoms with Crippen molar-refractivity contribution < 1.29 is 9.53 Å². The van der Waals surface area contributed by atoms with Gasteiger partial charge in [-0.3, -0.25) is 4.79 Å². The quantitative estimate of drug-likeness (QED) is 0.342. The Bertz CT molecular complexity index is 1100. The number of anilines is 1. The molecule has 3 rings (SSSR count). The van der Waals surface area contributed by atoms with Crippen LogP contribution in [-0.4, -0.2) is 26.0 Å². The van der Waals surface area contributed by atoms with Gasteiger partial charge >= 0.3 is 0 Å². The lowest BCUT2D eigenvalue weighted by Gasteiger charge is -2.19. The molecule has 0 aliphatic carbocycles. The Kier molecular flexibility index (Phi) is 7.59. The average Bonchev–Trinajstić information content (AvgIpc) is 3.08. The Morgan fingerprint density at radius 2 is 1.88 bits per heavy atom. The molecule has 3 aromatic rings. The van der Waals surface area contributed by atoms with Gasteiger partial charge in [-0.25, -0.2) is 4.68 Å². The molecule has 170 valence electrons. The van der Waals surface area contributed by atoms with Gasteiger partial charge in [-0.1, -0.05) is 73.9 Å². The van der Waals surface area contributed by atoms with E-state index in [0.717, 1.165) is 0 Å². The summed E-state index contributed by atoms with van der Waals surface area (Å²) in [5.74, 6) is 7.00. The molecule has 7 nitrogen and oxygen atoms in total. The molecule has 0 radical (unpaired) electrons. The summed E-state index contributed by atoms with van der Waals surface area (Å²) in [5, 5.41) is 11.5. The second-order valence-electron chi connectivity index (χ2n) is 8.18. The van der Waals surface area contributed by atoms with Crippen LogP contribution in [-0.2, 0) is 16.8 Å². The summed E-state index contributed by atoms with van der Waals surface area (Å²) in [6.07, 6.45) is 0. The van der Waals surface area contributed by atoms with E-state index >= 15 is 0 Å². The number of rotatable bonds is 7. The number of hydrogen-bond acceptors (Lipinski definition) is 6. The van der Waals surface area contributed by atoms with Crippen molar-refractivity contribution in [2.45, 2.75) is 50.1 Å². The summed E-state index contributed by atoms with van der Waals surface area (Å²) in [6.45, 7) is 8.36. The molecular formula is C22H25Cl2N5O2S. The molecule has 0 aliphatic heterocycles. The fraction of sp³-hybridized carbons (Fsp3) is 0.318. The summed E-state index contributed by atoms with van der Waals surface area (Å²) >= 11 is 13.3. The molecule has 0 fully saturated rings. The molecule has 0 aliphatic rings. The van der Waals surface area contributed by atoms with Crippen LogP contribution in [0.5, 0.6) is 5.75 Å². The summed E-state index contributed by atoms with van der Waals surface area (Å²) in [6, 6.07) is 12.9. The standard InChI is InChI=1S/C22H25Cl2N5O2S/c1-13(20(30)26-17-7-5-6-16(23)19(17)24)32-21-28-27-18(29(21)25)12-31-15-10-8-14(9-11-15)22(2,3)4/h5-11,13H,12,25H2,1-4H3,(H,26,30). The summed E-state index contributed by atoms with van der Waals surface area (Å²) in [7, 11) is 0. The minimum atomic E-state index is -0.504. The van der Waals surface area contributed by atoms with E-state index in [4.69, 9.17) is 33.8 Å². The number of nitrogen functional groups attached to an aromatic ring is 1. The van der Waals surface area contributed by atoms with E-state index in [9.17, 15) is 4.79 Å². The average molecular weight is 494 g/mol. The van der Waals surface area contributed by atoms with Gasteiger partial charge in [0.05, 0.1) is 21.0 Å².